The van der Waals surface area contributed by atoms with Crippen LogP contribution in [0.25, 0.3) is 0 Å². The van der Waals surface area contributed by atoms with E-state index in [-0.39, 0.29) is 11.3 Å². The SMILES string of the molecule is CC(C)(C)c1ccc(OCCNC(=O)Cc2cccc(Br)c2)cc1. The van der Waals surface area contributed by atoms with Crippen molar-refractivity contribution < 1.29 is 9.53 Å². The predicted octanol–water partition coefficient (Wildman–Crippen LogP) is 4.48. The van der Waals surface area contributed by atoms with Gasteiger partial charge >= 0.3 is 0 Å². The molecule has 1 N–H and O–H groups in total. The van der Waals surface area contributed by atoms with Crippen LogP contribution in [0.15, 0.2) is 53.0 Å². The molecule has 0 spiro atoms. The zero-order valence-corrected chi connectivity index (χ0v) is 16.0. The van der Waals surface area contributed by atoms with E-state index in [0.717, 1.165) is 15.8 Å². The minimum Gasteiger partial charge on any atom is -0.492 e. The fraction of sp³-hybridized carbons (Fsp3) is 0.350. The first kappa shape index (κ1) is 18.5. The molecule has 0 aromatic heterocycles. The zero-order chi connectivity index (χ0) is 17.6. The molecule has 0 aliphatic carbocycles. The van der Waals surface area contributed by atoms with Gasteiger partial charge in [0.15, 0.2) is 0 Å². The fourth-order valence-corrected chi connectivity index (χ4v) is 2.75. The molecule has 128 valence electrons. The molecule has 3 nitrogen and oxygen atoms in total. The number of amides is 1. The van der Waals surface area contributed by atoms with Gasteiger partial charge in [0, 0.05) is 4.47 Å². The largest absolute Gasteiger partial charge is 0.492 e. The summed E-state index contributed by atoms with van der Waals surface area (Å²) in [5.41, 5.74) is 2.40. The van der Waals surface area contributed by atoms with Gasteiger partial charge in [-0.15, -0.1) is 0 Å². The van der Waals surface area contributed by atoms with Crippen LogP contribution in [0.4, 0.5) is 0 Å². The van der Waals surface area contributed by atoms with Crippen LogP contribution in [-0.4, -0.2) is 19.1 Å². The number of rotatable bonds is 6. The summed E-state index contributed by atoms with van der Waals surface area (Å²) in [6.45, 7) is 7.50. The second kappa shape index (κ2) is 8.34. The molecule has 4 heteroatoms. The summed E-state index contributed by atoms with van der Waals surface area (Å²) in [5, 5.41) is 2.88. The van der Waals surface area contributed by atoms with Crippen molar-refractivity contribution in [1.82, 2.24) is 5.32 Å². The van der Waals surface area contributed by atoms with Gasteiger partial charge in [0.05, 0.1) is 13.0 Å². The number of hydrogen-bond donors (Lipinski definition) is 1. The van der Waals surface area contributed by atoms with Crippen LogP contribution in [0.3, 0.4) is 0 Å². The van der Waals surface area contributed by atoms with Gasteiger partial charge in [0.1, 0.15) is 12.4 Å². The average Bonchev–Trinajstić information content (AvgIpc) is 2.51. The number of benzene rings is 2. The van der Waals surface area contributed by atoms with E-state index in [2.05, 4.69) is 54.2 Å². The lowest BCUT2D eigenvalue weighted by Crippen LogP contribution is -2.29. The molecule has 2 aromatic rings. The molecule has 0 aliphatic heterocycles. The third-order valence-corrected chi connectivity index (χ3v) is 4.16. The predicted molar refractivity (Wildman–Crippen MR) is 101 cm³/mol. The summed E-state index contributed by atoms with van der Waals surface area (Å²) in [5.74, 6) is 0.823. The second-order valence-electron chi connectivity index (χ2n) is 6.78. The van der Waals surface area contributed by atoms with Crippen molar-refractivity contribution in [2.45, 2.75) is 32.6 Å². The minimum absolute atomic E-state index is 0.000203. The van der Waals surface area contributed by atoms with Gasteiger partial charge in [-0.05, 0) is 40.8 Å². The monoisotopic (exact) mass is 389 g/mol. The number of ether oxygens (including phenoxy) is 1. The van der Waals surface area contributed by atoms with Crippen LogP contribution >= 0.6 is 15.9 Å². The van der Waals surface area contributed by atoms with Gasteiger partial charge in [0.25, 0.3) is 0 Å². The third-order valence-electron chi connectivity index (χ3n) is 3.67. The Hall–Kier alpha value is -1.81. The van der Waals surface area contributed by atoms with Gasteiger partial charge in [0.2, 0.25) is 5.91 Å². The van der Waals surface area contributed by atoms with E-state index in [1.807, 2.05) is 36.4 Å². The molecule has 2 rings (SSSR count). The molecule has 2 aromatic carbocycles. The van der Waals surface area contributed by atoms with Gasteiger partial charge in [-0.2, -0.15) is 0 Å². The molecule has 0 saturated carbocycles. The lowest BCUT2D eigenvalue weighted by molar-refractivity contribution is -0.120. The van der Waals surface area contributed by atoms with Crippen molar-refractivity contribution in [2.24, 2.45) is 0 Å². The van der Waals surface area contributed by atoms with Crippen LogP contribution in [0, 0.1) is 0 Å². The van der Waals surface area contributed by atoms with Crippen molar-refractivity contribution in [1.29, 1.82) is 0 Å². The summed E-state index contributed by atoms with van der Waals surface area (Å²) >= 11 is 3.41. The minimum atomic E-state index is -0.000203. The van der Waals surface area contributed by atoms with E-state index in [4.69, 9.17) is 4.74 Å². The Morgan fingerprint density at radius 3 is 2.46 bits per heavy atom. The van der Waals surface area contributed by atoms with Crippen LogP contribution < -0.4 is 10.1 Å². The third kappa shape index (κ3) is 6.00. The molecule has 0 heterocycles. The first-order valence-electron chi connectivity index (χ1n) is 8.09. The Labute approximate surface area is 152 Å². The number of carbonyl (C=O) groups excluding carboxylic acids is 1. The molecule has 24 heavy (non-hydrogen) atoms. The van der Waals surface area contributed by atoms with E-state index in [1.54, 1.807) is 0 Å². The van der Waals surface area contributed by atoms with E-state index < -0.39 is 0 Å². The smallest absolute Gasteiger partial charge is 0.224 e. The summed E-state index contributed by atoms with van der Waals surface area (Å²) in [7, 11) is 0. The van der Waals surface area contributed by atoms with E-state index >= 15 is 0 Å². The van der Waals surface area contributed by atoms with Gasteiger partial charge in [-0.1, -0.05) is 61.0 Å². The molecule has 0 fully saturated rings. The molecular formula is C20H24BrNO2. The highest BCUT2D eigenvalue weighted by Gasteiger charge is 2.12. The Balaban J connectivity index is 1.71. The van der Waals surface area contributed by atoms with Gasteiger partial charge < -0.3 is 10.1 Å². The van der Waals surface area contributed by atoms with Crippen LogP contribution in [0.1, 0.15) is 31.9 Å². The number of hydrogen-bond acceptors (Lipinski definition) is 2. The molecule has 0 aliphatic rings. The second-order valence-corrected chi connectivity index (χ2v) is 7.70. The first-order valence-corrected chi connectivity index (χ1v) is 8.88. The highest BCUT2D eigenvalue weighted by molar-refractivity contribution is 9.10. The van der Waals surface area contributed by atoms with Crippen molar-refractivity contribution in [3.05, 3.63) is 64.1 Å². The molecule has 0 bridgehead atoms. The summed E-state index contributed by atoms with van der Waals surface area (Å²) in [6.07, 6.45) is 0.375. The van der Waals surface area contributed by atoms with Crippen molar-refractivity contribution in [2.75, 3.05) is 13.2 Å². The van der Waals surface area contributed by atoms with Gasteiger partial charge in [-0.3, -0.25) is 4.79 Å². The summed E-state index contributed by atoms with van der Waals surface area (Å²) in [4.78, 5) is 11.9. The highest BCUT2D eigenvalue weighted by Crippen LogP contribution is 2.24. The normalized spacial score (nSPS) is 11.2. The Bertz CT molecular complexity index is 675. The van der Waals surface area contributed by atoms with E-state index in [0.29, 0.717) is 19.6 Å². The van der Waals surface area contributed by atoms with E-state index in [1.165, 1.54) is 5.56 Å². The lowest BCUT2D eigenvalue weighted by Gasteiger charge is -2.19. The lowest BCUT2D eigenvalue weighted by atomic mass is 9.87. The Morgan fingerprint density at radius 1 is 1.12 bits per heavy atom. The topological polar surface area (TPSA) is 38.3 Å². The molecule has 0 atom stereocenters. The molecule has 1 amide bonds. The summed E-state index contributed by atoms with van der Waals surface area (Å²) < 4.78 is 6.65. The van der Waals surface area contributed by atoms with Crippen molar-refractivity contribution in [3.8, 4) is 5.75 Å². The maximum absolute atomic E-state index is 11.9. The molecule has 0 unspecified atom stereocenters. The Morgan fingerprint density at radius 2 is 1.83 bits per heavy atom. The highest BCUT2D eigenvalue weighted by atomic mass is 79.9. The van der Waals surface area contributed by atoms with Crippen LogP contribution in [-0.2, 0) is 16.6 Å². The maximum atomic E-state index is 11.9. The van der Waals surface area contributed by atoms with Crippen LogP contribution in [0.5, 0.6) is 5.75 Å². The van der Waals surface area contributed by atoms with Crippen LogP contribution in [0.2, 0.25) is 0 Å². The number of nitrogens with one attached hydrogen (secondary N) is 1. The zero-order valence-electron chi connectivity index (χ0n) is 14.4. The number of halogens is 1. The maximum Gasteiger partial charge on any atom is 0.224 e. The Kier molecular flexibility index (Phi) is 6.44. The van der Waals surface area contributed by atoms with Crippen molar-refractivity contribution in [3.63, 3.8) is 0 Å². The number of carbonyl (C=O) groups is 1. The standard InChI is InChI=1S/C20H24BrNO2/c1-20(2,3)16-7-9-18(10-8-16)24-12-11-22-19(23)14-15-5-4-6-17(21)13-15/h4-10,13H,11-12,14H2,1-3H3,(H,22,23). The molecule has 0 radical (unpaired) electrons. The average molecular weight is 390 g/mol. The molecular weight excluding hydrogens is 366 g/mol. The van der Waals surface area contributed by atoms with E-state index in [9.17, 15) is 4.79 Å². The van der Waals surface area contributed by atoms with Gasteiger partial charge in [-0.25, -0.2) is 0 Å². The first-order chi connectivity index (χ1) is 11.3. The quantitative estimate of drug-likeness (QED) is 0.739. The summed E-state index contributed by atoms with van der Waals surface area (Å²) in [6, 6.07) is 15.9. The molecule has 0 saturated heterocycles. The van der Waals surface area contributed by atoms with Crippen molar-refractivity contribution >= 4 is 21.8 Å². The fourth-order valence-electron chi connectivity index (χ4n) is 2.31.